The Labute approximate surface area is 134 Å². The van der Waals surface area contributed by atoms with E-state index < -0.39 is 0 Å². The number of carbonyl (C=O) groups excluding carboxylic acids is 1. The van der Waals surface area contributed by atoms with Gasteiger partial charge in [0.05, 0.1) is 6.42 Å². The van der Waals surface area contributed by atoms with Gasteiger partial charge in [0.1, 0.15) is 0 Å². The van der Waals surface area contributed by atoms with Gasteiger partial charge in [-0.25, -0.2) is 0 Å². The van der Waals surface area contributed by atoms with Gasteiger partial charge in [-0.1, -0.05) is 6.07 Å². The fourth-order valence-corrected chi connectivity index (χ4v) is 3.64. The van der Waals surface area contributed by atoms with Crippen molar-refractivity contribution in [3.63, 3.8) is 0 Å². The molecule has 0 unspecified atom stereocenters. The molecule has 2 aliphatic heterocycles. The minimum absolute atomic E-state index is 0.0476. The van der Waals surface area contributed by atoms with Crippen molar-refractivity contribution in [2.24, 2.45) is 0 Å². The fraction of sp³-hybridized carbons (Fsp3) is 0.562. The van der Waals surface area contributed by atoms with Crippen LogP contribution in [-0.4, -0.2) is 43.5 Å². The van der Waals surface area contributed by atoms with Crippen molar-refractivity contribution in [3.8, 4) is 11.5 Å². The maximum Gasteiger partial charge on any atom is 0.231 e. The van der Waals surface area contributed by atoms with Crippen LogP contribution in [0, 0.1) is 0 Å². The van der Waals surface area contributed by atoms with E-state index in [4.69, 9.17) is 14.2 Å². The lowest BCUT2D eigenvalue weighted by Gasteiger charge is -2.21. The normalized spacial score (nSPS) is 17.5. The summed E-state index contributed by atoms with van der Waals surface area (Å²) in [6, 6.07) is 5.63. The molecule has 0 aliphatic carbocycles. The Morgan fingerprint density at radius 2 is 2.05 bits per heavy atom. The summed E-state index contributed by atoms with van der Waals surface area (Å²) in [5.74, 6) is 2.47. The van der Waals surface area contributed by atoms with Crippen LogP contribution in [0.25, 0.3) is 0 Å². The van der Waals surface area contributed by atoms with Gasteiger partial charge >= 0.3 is 0 Å². The molecule has 120 valence electrons. The number of rotatable bonds is 6. The largest absolute Gasteiger partial charge is 0.454 e. The van der Waals surface area contributed by atoms with E-state index in [2.05, 4.69) is 5.32 Å². The summed E-state index contributed by atoms with van der Waals surface area (Å²) in [4.78, 5) is 12.0. The average Bonchev–Trinajstić information content (AvgIpc) is 3.00. The zero-order valence-electron chi connectivity index (χ0n) is 12.5. The van der Waals surface area contributed by atoms with Crippen molar-refractivity contribution >= 4 is 17.7 Å². The number of benzene rings is 1. The Balaban J connectivity index is 1.35. The molecule has 0 bridgehead atoms. The molecule has 6 heteroatoms. The maximum absolute atomic E-state index is 12.0. The van der Waals surface area contributed by atoms with E-state index in [9.17, 15) is 4.79 Å². The van der Waals surface area contributed by atoms with Crippen molar-refractivity contribution in [2.45, 2.75) is 24.5 Å². The zero-order chi connectivity index (χ0) is 15.2. The van der Waals surface area contributed by atoms with Crippen LogP contribution in [0.15, 0.2) is 18.2 Å². The Morgan fingerprint density at radius 3 is 2.91 bits per heavy atom. The van der Waals surface area contributed by atoms with Gasteiger partial charge in [-0.15, -0.1) is 0 Å². The SMILES string of the molecule is O=C(Cc1ccc2c(c1)OCO2)NCCSC1CCOCC1. The van der Waals surface area contributed by atoms with Gasteiger partial charge in [0.2, 0.25) is 12.7 Å². The lowest BCUT2D eigenvalue weighted by Crippen LogP contribution is -2.28. The summed E-state index contributed by atoms with van der Waals surface area (Å²) in [6.07, 6.45) is 2.62. The molecule has 3 rings (SSSR count). The summed E-state index contributed by atoms with van der Waals surface area (Å²) in [7, 11) is 0. The average molecular weight is 323 g/mol. The number of thioether (sulfide) groups is 1. The molecule has 1 saturated heterocycles. The molecule has 1 N–H and O–H groups in total. The van der Waals surface area contributed by atoms with Crippen molar-refractivity contribution in [2.75, 3.05) is 32.3 Å². The van der Waals surface area contributed by atoms with Crippen molar-refractivity contribution in [1.82, 2.24) is 5.32 Å². The molecule has 1 aromatic carbocycles. The van der Waals surface area contributed by atoms with E-state index in [0.29, 0.717) is 18.2 Å². The number of fused-ring (bicyclic) bond motifs is 1. The minimum atomic E-state index is 0.0476. The van der Waals surface area contributed by atoms with Gasteiger partial charge in [0.25, 0.3) is 0 Å². The molecule has 0 saturated carbocycles. The van der Waals surface area contributed by atoms with Gasteiger partial charge in [0.15, 0.2) is 11.5 Å². The van der Waals surface area contributed by atoms with Crippen LogP contribution >= 0.6 is 11.8 Å². The van der Waals surface area contributed by atoms with Gasteiger partial charge in [-0.2, -0.15) is 11.8 Å². The van der Waals surface area contributed by atoms with Crippen LogP contribution in [0.5, 0.6) is 11.5 Å². The standard InChI is InChI=1S/C16H21NO4S/c18-16(17-5-8-22-13-3-6-19-7-4-13)10-12-1-2-14-15(9-12)21-11-20-14/h1-2,9,13H,3-8,10-11H2,(H,17,18). The van der Waals surface area contributed by atoms with Crippen molar-refractivity contribution < 1.29 is 19.0 Å². The quantitative estimate of drug-likeness (QED) is 0.811. The Hall–Kier alpha value is -1.40. The van der Waals surface area contributed by atoms with Crippen LogP contribution in [0.2, 0.25) is 0 Å². The lowest BCUT2D eigenvalue weighted by atomic mass is 10.1. The maximum atomic E-state index is 12.0. The van der Waals surface area contributed by atoms with E-state index >= 15 is 0 Å². The van der Waals surface area contributed by atoms with Crippen LogP contribution < -0.4 is 14.8 Å². The van der Waals surface area contributed by atoms with Gasteiger partial charge in [0, 0.05) is 30.8 Å². The first-order valence-corrected chi connectivity index (χ1v) is 8.71. The summed E-state index contributed by atoms with van der Waals surface area (Å²) in [5, 5.41) is 3.66. The topological polar surface area (TPSA) is 56.8 Å². The highest BCUT2D eigenvalue weighted by atomic mass is 32.2. The predicted molar refractivity (Wildman–Crippen MR) is 85.6 cm³/mol. The molecule has 0 radical (unpaired) electrons. The number of hydrogen-bond donors (Lipinski definition) is 1. The Morgan fingerprint density at radius 1 is 1.23 bits per heavy atom. The first-order chi connectivity index (χ1) is 10.8. The lowest BCUT2D eigenvalue weighted by molar-refractivity contribution is -0.120. The third-order valence-corrected chi connectivity index (χ3v) is 5.13. The highest BCUT2D eigenvalue weighted by Crippen LogP contribution is 2.32. The summed E-state index contributed by atoms with van der Waals surface area (Å²) in [5.41, 5.74) is 0.943. The predicted octanol–water partition coefficient (Wildman–Crippen LogP) is 1.99. The highest BCUT2D eigenvalue weighted by molar-refractivity contribution is 7.99. The molecule has 22 heavy (non-hydrogen) atoms. The van der Waals surface area contributed by atoms with Gasteiger partial charge in [-0.3, -0.25) is 4.79 Å². The second-order valence-corrected chi connectivity index (χ2v) is 6.81. The molecule has 2 aliphatic rings. The van der Waals surface area contributed by atoms with Gasteiger partial charge in [-0.05, 0) is 30.5 Å². The number of amides is 1. The molecular weight excluding hydrogens is 302 g/mol. The van der Waals surface area contributed by atoms with E-state index in [1.165, 1.54) is 0 Å². The first kappa shape index (κ1) is 15.5. The number of ether oxygens (including phenoxy) is 3. The van der Waals surface area contributed by atoms with Crippen molar-refractivity contribution in [1.29, 1.82) is 0 Å². The van der Waals surface area contributed by atoms with Crippen LogP contribution in [-0.2, 0) is 16.0 Å². The molecule has 5 nitrogen and oxygen atoms in total. The van der Waals surface area contributed by atoms with Crippen molar-refractivity contribution in [3.05, 3.63) is 23.8 Å². The van der Waals surface area contributed by atoms with Crippen LogP contribution in [0.1, 0.15) is 18.4 Å². The molecule has 1 fully saturated rings. The molecule has 0 spiro atoms. The molecule has 1 amide bonds. The number of hydrogen-bond acceptors (Lipinski definition) is 5. The van der Waals surface area contributed by atoms with E-state index in [1.807, 2.05) is 30.0 Å². The molecule has 2 heterocycles. The molecule has 0 aromatic heterocycles. The zero-order valence-corrected chi connectivity index (χ0v) is 13.3. The summed E-state index contributed by atoms with van der Waals surface area (Å²) >= 11 is 1.93. The van der Waals surface area contributed by atoms with E-state index in [0.717, 1.165) is 48.9 Å². The molecule has 1 aromatic rings. The van der Waals surface area contributed by atoms with E-state index in [1.54, 1.807) is 0 Å². The monoisotopic (exact) mass is 323 g/mol. The fourth-order valence-electron chi connectivity index (χ4n) is 2.56. The van der Waals surface area contributed by atoms with E-state index in [-0.39, 0.29) is 12.7 Å². The summed E-state index contributed by atoms with van der Waals surface area (Å²) < 4.78 is 15.9. The molecule has 0 atom stereocenters. The highest BCUT2D eigenvalue weighted by Gasteiger charge is 2.15. The van der Waals surface area contributed by atoms with Crippen LogP contribution in [0.4, 0.5) is 0 Å². The smallest absolute Gasteiger partial charge is 0.231 e. The van der Waals surface area contributed by atoms with Crippen LogP contribution in [0.3, 0.4) is 0 Å². The third kappa shape index (κ3) is 4.30. The number of carbonyl (C=O) groups is 1. The first-order valence-electron chi connectivity index (χ1n) is 7.66. The number of nitrogens with one attached hydrogen (secondary N) is 1. The second kappa shape index (κ2) is 7.74. The Bertz CT molecular complexity index is 517. The summed E-state index contributed by atoms with van der Waals surface area (Å²) in [6.45, 7) is 2.71. The second-order valence-electron chi connectivity index (χ2n) is 5.40. The Kier molecular flexibility index (Phi) is 5.45. The third-order valence-electron chi connectivity index (χ3n) is 3.75. The molecular formula is C16H21NO4S. The van der Waals surface area contributed by atoms with Gasteiger partial charge < -0.3 is 19.5 Å². The minimum Gasteiger partial charge on any atom is -0.454 e.